The molecule has 0 fully saturated rings. The van der Waals surface area contributed by atoms with E-state index in [1.165, 1.54) is 5.56 Å². The molecule has 0 atom stereocenters. The van der Waals surface area contributed by atoms with Crippen LogP contribution in [0.4, 0.5) is 5.69 Å². The third kappa shape index (κ3) is 2.83. The zero-order valence-electron chi connectivity index (χ0n) is 12.3. The van der Waals surface area contributed by atoms with E-state index in [1.807, 2.05) is 30.3 Å². The van der Waals surface area contributed by atoms with E-state index in [-0.39, 0.29) is 5.91 Å². The van der Waals surface area contributed by atoms with Gasteiger partial charge in [0.1, 0.15) is 0 Å². The number of fused-ring (bicyclic) bond motifs is 1. The van der Waals surface area contributed by atoms with Crippen molar-refractivity contribution in [3.8, 4) is 0 Å². The molecule has 21 heavy (non-hydrogen) atoms. The van der Waals surface area contributed by atoms with Gasteiger partial charge in [0.05, 0.1) is 0 Å². The van der Waals surface area contributed by atoms with Crippen LogP contribution >= 0.6 is 0 Å². The third-order valence-corrected chi connectivity index (χ3v) is 4.04. The van der Waals surface area contributed by atoms with E-state index in [1.54, 1.807) is 0 Å². The number of nitrogens with one attached hydrogen (secondary N) is 2. The number of para-hydroxylation sites is 1. The largest absolute Gasteiger partial charge is 0.322 e. The van der Waals surface area contributed by atoms with E-state index >= 15 is 0 Å². The van der Waals surface area contributed by atoms with Crippen LogP contribution in [-0.4, -0.2) is 12.5 Å². The van der Waals surface area contributed by atoms with Gasteiger partial charge in [0.15, 0.2) is 0 Å². The molecule has 1 heterocycles. The Labute approximate surface area is 125 Å². The Bertz CT molecular complexity index is 664. The fourth-order valence-electron chi connectivity index (χ4n) is 2.87. The molecule has 108 valence electrons. The second-order valence-electron chi connectivity index (χ2n) is 5.33. The van der Waals surface area contributed by atoms with Gasteiger partial charge >= 0.3 is 0 Å². The fourth-order valence-corrected chi connectivity index (χ4v) is 2.87. The normalized spacial score (nSPS) is 13.6. The van der Waals surface area contributed by atoms with Crippen molar-refractivity contribution in [3.05, 3.63) is 64.7 Å². The molecule has 0 aromatic heterocycles. The van der Waals surface area contributed by atoms with E-state index in [9.17, 15) is 4.79 Å². The predicted octanol–water partition coefficient (Wildman–Crippen LogP) is 3.15. The lowest BCUT2D eigenvalue weighted by Crippen LogP contribution is -2.27. The van der Waals surface area contributed by atoms with E-state index in [0.717, 1.165) is 48.3 Å². The first-order valence-corrected chi connectivity index (χ1v) is 7.50. The summed E-state index contributed by atoms with van der Waals surface area (Å²) < 4.78 is 0. The van der Waals surface area contributed by atoms with E-state index in [2.05, 4.69) is 29.7 Å². The van der Waals surface area contributed by atoms with Crippen LogP contribution in [0.1, 0.15) is 34.0 Å². The standard InChI is InChI=1S/C18H20N2O/c1-2-13-6-3-4-9-17(13)20-18(21)15-8-5-7-14-10-11-19-12-16(14)15/h3-9,19H,2,10-12H2,1H3,(H,20,21). The Kier molecular flexibility index (Phi) is 4.02. The summed E-state index contributed by atoms with van der Waals surface area (Å²) in [5, 5.41) is 6.40. The molecule has 0 saturated heterocycles. The van der Waals surface area contributed by atoms with Crippen molar-refractivity contribution >= 4 is 11.6 Å². The summed E-state index contributed by atoms with van der Waals surface area (Å²) in [5.41, 5.74) is 5.27. The Morgan fingerprint density at radius 2 is 2.05 bits per heavy atom. The number of aryl methyl sites for hydroxylation is 1. The lowest BCUT2D eigenvalue weighted by molar-refractivity contribution is 0.102. The summed E-state index contributed by atoms with van der Waals surface area (Å²) >= 11 is 0. The fraction of sp³-hybridized carbons (Fsp3) is 0.278. The molecule has 3 nitrogen and oxygen atoms in total. The Morgan fingerprint density at radius 3 is 2.90 bits per heavy atom. The minimum absolute atomic E-state index is 0.0172. The minimum atomic E-state index is -0.0172. The summed E-state index contributed by atoms with van der Waals surface area (Å²) in [4.78, 5) is 12.6. The van der Waals surface area contributed by atoms with Crippen molar-refractivity contribution in [2.75, 3.05) is 11.9 Å². The van der Waals surface area contributed by atoms with Gasteiger partial charge in [-0.15, -0.1) is 0 Å². The number of carbonyl (C=O) groups is 1. The first kappa shape index (κ1) is 13.8. The minimum Gasteiger partial charge on any atom is -0.322 e. The number of hydrogen-bond acceptors (Lipinski definition) is 2. The second-order valence-corrected chi connectivity index (χ2v) is 5.33. The Balaban J connectivity index is 1.89. The zero-order chi connectivity index (χ0) is 14.7. The third-order valence-electron chi connectivity index (χ3n) is 4.04. The Morgan fingerprint density at radius 1 is 1.19 bits per heavy atom. The van der Waals surface area contributed by atoms with Crippen molar-refractivity contribution in [2.24, 2.45) is 0 Å². The first-order valence-electron chi connectivity index (χ1n) is 7.50. The number of carbonyl (C=O) groups excluding carboxylic acids is 1. The number of rotatable bonds is 3. The molecule has 3 heteroatoms. The SMILES string of the molecule is CCc1ccccc1NC(=O)c1cccc2c1CNCC2. The molecular weight excluding hydrogens is 260 g/mol. The highest BCUT2D eigenvalue weighted by molar-refractivity contribution is 6.05. The molecule has 1 aliphatic heterocycles. The second kappa shape index (κ2) is 6.10. The summed E-state index contributed by atoms with van der Waals surface area (Å²) in [6.07, 6.45) is 1.90. The maximum Gasteiger partial charge on any atom is 0.256 e. The van der Waals surface area contributed by atoms with Gasteiger partial charge in [0, 0.05) is 17.8 Å². The zero-order valence-corrected chi connectivity index (χ0v) is 12.3. The number of benzene rings is 2. The molecule has 0 aliphatic carbocycles. The molecule has 0 unspecified atom stereocenters. The summed E-state index contributed by atoms with van der Waals surface area (Å²) in [6.45, 7) is 3.85. The maximum absolute atomic E-state index is 12.6. The molecule has 0 bridgehead atoms. The van der Waals surface area contributed by atoms with Crippen LogP contribution in [0.2, 0.25) is 0 Å². The van der Waals surface area contributed by atoms with Gasteiger partial charge in [-0.2, -0.15) is 0 Å². The number of anilines is 1. The van der Waals surface area contributed by atoms with Crippen LogP contribution in [0, 0.1) is 0 Å². The van der Waals surface area contributed by atoms with Gasteiger partial charge in [-0.05, 0) is 48.2 Å². The molecule has 0 spiro atoms. The maximum atomic E-state index is 12.6. The summed E-state index contributed by atoms with van der Waals surface area (Å²) in [7, 11) is 0. The van der Waals surface area contributed by atoms with Gasteiger partial charge in [0.2, 0.25) is 0 Å². The monoisotopic (exact) mass is 280 g/mol. The first-order chi connectivity index (χ1) is 10.3. The van der Waals surface area contributed by atoms with Crippen molar-refractivity contribution in [1.29, 1.82) is 0 Å². The van der Waals surface area contributed by atoms with Crippen LogP contribution in [0.5, 0.6) is 0 Å². The van der Waals surface area contributed by atoms with Crippen LogP contribution in [0.3, 0.4) is 0 Å². The number of amides is 1. The van der Waals surface area contributed by atoms with Gasteiger partial charge in [0.25, 0.3) is 5.91 Å². The van der Waals surface area contributed by atoms with Gasteiger partial charge in [-0.3, -0.25) is 4.79 Å². The van der Waals surface area contributed by atoms with Crippen LogP contribution < -0.4 is 10.6 Å². The molecule has 1 aliphatic rings. The topological polar surface area (TPSA) is 41.1 Å². The molecule has 0 saturated carbocycles. The summed E-state index contributed by atoms with van der Waals surface area (Å²) in [6, 6.07) is 14.0. The molecule has 0 radical (unpaired) electrons. The van der Waals surface area contributed by atoms with Gasteiger partial charge in [-0.25, -0.2) is 0 Å². The van der Waals surface area contributed by atoms with Crippen molar-refractivity contribution < 1.29 is 4.79 Å². The van der Waals surface area contributed by atoms with Crippen molar-refractivity contribution in [3.63, 3.8) is 0 Å². The van der Waals surface area contributed by atoms with E-state index in [4.69, 9.17) is 0 Å². The van der Waals surface area contributed by atoms with Gasteiger partial charge < -0.3 is 10.6 Å². The van der Waals surface area contributed by atoms with Crippen molar-refractivity contribution in [1.82, 2.24) is 5.32 Å². The highest BCUT2D eigenvalue weighted by atomic mass is 16.1. The smallest absolute Gasteiger partial charge is 0.256 e. The van der Waals surface area contributed by atoms with E-state index < -0.39 is 0 Å². The molecular formula is C18H20N2O. The number of hydrogen-bond donors (Lipinski definition) is 2. The predicted molar refractivity (Wildman–Crippen MR) is 85.6 cm³/mol. The van der Waals surface area contributed by atoms with Gasteiger partial charge in [-0.1, -0.05) is 37.3 Å². The van der Waals surface area contributed by atoms with Crippen LogP contribution in [0.15, 0.2) is 42.5 Å². The molecule has 2 N–H and O–H groups in total. The Hall–Kier alpha value is -2.13. The average Bonchev–Trinajstić information content (AvgIpc) is 2.54. The quantitative estimate of drug-likeness (QED) is 0.907. The van der Waals surface area contributed by atoms with Crippen molar-refractivity contribution in [2.45, 2.75) is 26.3 Å². The molecule has 2 aromatic carbocycles. The van der Waals surface area contributed by atoms with Crippen LogP contribution in [-0.2, 0) is 19.4 Å². The highest BCUT2D eigenvalue weighted by Gasteiger charge is 2.17. The lowest BCUT2D eigenvalue weighted by atomic mass is 9.95. The van der Waals surface area contributed by atoms with E-state index in [0.29, 0.717) is 0 Å². The average molecular weight is 280 g/mol. The summed E-state index contributed by atoms with van der Waals surface area (Å²) in [5.74, 6) is -0.0172. The molecule has 2 aromatic rings. The molecule has 3 rings (SSSR count). The molecule has 1 amide bonds. The van der Waals surface area contributed by atoms with Crippen LogP contribution in [0.25, 0.3) is 0 Å². The lowest BCUT2D eigenvalue weighted by Gasteiger charge is -2.20. The highest BCUT2D eigenvalue weighted by Crippen LogP contribution is 2.21.